The van der Waals surface area contributed by atoms with Gasteiger partial charge in [0.25, 0.3) is 0 Å². The Morgan fingerprint density at radius 2 is 0.860 bits per heavy atom. The Morgan fingerprint density at radius 1 is 0.512 bits per heavy atom. The maximum Gasteiger partial charge on any atom is 0.306 e. The summed E-state index contributed by atoms with van der Waals surface area (Å²) in [7, 11) is 0. The summed E-state index contributed by atoms with van der Waals surface area (Å²) in [6, 6.07) is 0. The van der Waals surface area contributed by atoms with E-state index < -0.39 is 0 Å². The molecule has 0 aliphatic heterocycles. The maximum absolute atomic E-state index is 12.1. The van der Waals surface area contributed by atoms with Crippen LogP contribution in [0.3, 0.4) is 0 Å². The van der Waals surface area contributed by atoms with Gasteiger partial charge < -0.3 is 4.74 Å². The number of ether oxygens (including phenoxy) is 1. The largest absolute Gasteiger partial charge is 0.462 e. The smallest absolute Gasteiger partial charge is 0.306 e. The van der Waals surface area contributed by atoms with Crippen LogP contribution in [0.15, 0.2) is 48.6 Å². The van der Waals surface area contributed by atoms with E-state index in [4.69, 9.17) is 4.74 Å². The van der Waals surface area contributed by atoms with E-state index in [1.807, 2.05) is 0 Å². The summed E-state index contributed by atoms with van der Waals surface area (Å²) in [5.74, 6) is -0.0399. The molecule has 0 heterocycles. The van der Waals surface area contributed by atoms with Gasteiger partial charge in [0, 0.05) is 5.33 Å². The molecule has 3 heteroatoms. The Labute approximate surface area is 277 Å². The van der Waals surface area contributed by atoms with E-state index in [9.17, 15) is 4.79 Å². The molecule has 0 radical (unpaired) electrons. The Bertz CT molecular complexity index is 630. The zero-order chi connectivity index (χ0) is 31.3. The minimum absolute atomic E-state index is 0.0399. The number of carbonyl (C=O) groups excluding carboxylic acids is 1. The molecule has 0 bridgehead atoms. The number of halogens is 1. The first-order chi connectivity index (χ1) is 21.2. The quantitative estimate of drug-likeness (QED) is 0.0302. The lowest BCUT2D eigenvalue weighted by Gasteiger charge is -2.18. The molecule has 0 amide bonds. The van der Waals surface area contributed by atoms with Gasteiger partial charge in [0.05, 0.1) is 6.42 Å². The molecule has 0 rings (SSSR count). The third-order valence-corrected chi connectivity index (χ3v) is 8.45. The summed E-state index contributed by atoms with van der Waals surface area (Å²) in [5.41, 5.74) is 0. The van der Waals surface area contributed by atoms with Gasteiger partial charge >= 0.3 is 5.97 Å². The van der Waals surface area contributed by atoms with Gasteiger partial charge in [-0.2, -0.15) is 0 Å². The first kappa shape index (κ1) is 41.9. The number of alkyl halides is 1. The third-order valence-electron chi connectivity index (χ3n) is 8.05. The molecule has 0 unspecified atom stereocenters. The highest BCUT2D eigenvalue weighted by atomic mass is 79.9. The van der Waals surface area contributed by atoms with Gasteiger partial charge in [0.2, 0.25) is 0 Å². The number of esters is 1. The fraction of sp³-hybridized carbons (Fsp3) is 0.775. The van der Waals surface area contributed by atoms with Gasteiger partial charge in [-0.1, -0.05) is 155 Å². The fourth-order valence-corrected chi connectivity index (χ4v) is 5.63. The van der Waals surface area contributed by atoms with Gasteiger partial charge in [-0.05, 0) is 89.9 Å². The lowest BCUT2D eigenvalue weighted by atomic mass is 10.0. The Hall–Kier alpha value is -1.09. The molecule has 2 nitrogen and oxygen atoms in total. The lowest BCUT2D eigenvalue weighted by molar-refractivity contribution is -0.149. The van der Waals surface area contributed by atoms with Gasteiger partial charge in [-0.3, -0.25) is 4.79 Å². The van der Waals surface area contributed by atoms with Crippen molar-refractivity contribution in [1.29, 1.82) is 0 Å². The van der Waals surface area contributed by atoms with Crippen molar-refractivity contribution in [3.05, 3.63) is 48.6 Å². The molecule has 43 heavy (non-hydrogen) atoms. The minimum atomic E-state index is -0.0399. The van der Waals surface area contributed by atoms with E-state index >= 15 is 0 Å². The summed E-state index contributed by atoms with van der Waals surface area (Å²) in [6.45, 7) is 4.52. The van der Waals surface area contributed by atoms with Gasteiger partial charge in [0.15, 0.2) is 0 Å². The molecule has 0 aromatic heterocycles. The van der Waals surface area contributed by atoms with Crippen LogP contribution in [0.2, 0.25) is 0 Å². The van der Waals surface area contributed by atoms with Gasteiger partial charge in [-0.15, -0.1) is 0 Å². The van der Waals surface area contributed by atoms with E-state index in [0.717, 1.165) is 25.7 Å². The van der Waals surface area contributed by atoms with E-state index in [1.165, 1.54) is 141 Å². The number of hydrogen-bond acceptors (Lipinski definition) is 2. The van der Waals surface area contributed by atoms with Crippen LogP contribution < -0.4 is 0 Å². The van der Waals surface area contributed by atoms with Crippen LogP contribution in [0.5, 0.6) is 0 Å². The summed E-state index contributed by atoms with van der Waals surface area (Å²) < 4.78 is 5.85. The number of carbonyl (C=O) groups is 1. The maximum atomic E-state index is 12.1. The van der Waals surface area contributed by atoms with E-state index in [-0.39, 0.29) is 12.1 Å². The summed E-state index contributed by atoms with van der Waals surface area (Å²) in [6.07, 6.45) is 51.7. The first-order valence-corrected chi connectivity index (χ1v) is 19.7. The average molecular weight is 664 g/mol. The summed E-state index contributed by atoms with van der Waals surface area (Å²) in [4.78, 5) is 12.1. The van der Waals surface area contributed by atoms with Crippen molar-refractivity contribution < 1.29 is 9.53 Å². The fourth-order valence-electron chi connectivity index (χ4n) is 5.30. The van der Waals surface area contributed by atoms with Crippen molar-refractivity contribution in [3.63, 3.8) is 0 Å². The molecule has 0 saturated heterocycles. The summed E-state index contributed by atoms with van der Waals surface area (Å²) >= 11 is 3.37. The van der Waals surface area contributed by atoms with Crippen LogP contribution in [-0.2, 0) is 9.53 Å². The standard InChI is InChI=1S/C40H71BrO2/c1-3-5-7-9-11-13-15-17-19-21-23-25-27-29-31-33-35-39(43-40(42)37-38-41)36-34-32-30-28-26-24-22-20-18-16-14-12-10-8-6-4-2/h11-14,17-20,39H,3-10,15-16,21-38H2,1-2H3. The van der Waals surface area contributed by atoms with Crippen molar-refractivity contribution >= 4 is 21.9 Å². The second kappa shape index (κ2) is 37.1. The second-order valence-electron chi connectivity index (χ2n) is 12.3. The average Bonchev–Trinajstić information content (AvgIpc) is 3.00. The molecule has 0 saturated carbocycles. The highest BCUT2D eigenvalue weighted by Crippen LogP contribution is 2.18. The molecule has 0 aliphatic rings. The third kappa shape index (κ3) is 35.3. The van der Waals surface area contributed by atoms with Crippen molar-refractivity contribution in [2.75, 3.05) is 5.33 Å². The number of hydrogen-bond donors (Lipinski definition) is 0. The van der Waals surface area contributed by atoms with Crippen molar-refractivity contribution in [1.82, 2.24) is 0 Å². The molecule has 0 aromatic carbocycles. The van der Waals surface area contributed by atoms with Crippen LogP contribution in [0.25, 0.3) is 0 Å². The number of rotatable bonds is 33. The highest BCUT2D eigenvalue weighted by Gasteiger charge is 2.13. The van der Waals surface area contributed by atoms with Crippen LogP contribution in [0, 0.1) is 0 Å². The van der Waals surface area contributed by atoms with Crippen molar-refractivity contribution in [2.45, 2.75) is 193 Å². The molecule has 0 aromatic rings. The molecular formula is C40H71BrO2. The second-order valence-corrected chi connectivity index (χ2v) is 13.1. The Morgan fingerprint density at radius 3 is 1.23 bits per heavy atom. The molecule has 250 valence electrons. The Kier molecular flexibility index (Phi) is 36.2. The molecule has 0 N–H and O–H groups in total. The predicted molar refractivity (Wildman–Crippen MR) is 196 cm³/mol. The van der Waals surface area contributed by atoms with Gasteiger partial charge in [-0.25, -0.2) is 0 Å². The van der Waals surface area contributed by atoms with Crippen LogP contribution in [-0.4, -0.2) is 17.4 Å². The van der Waals surface area contributed by atoms with Crippen LogP contribution >= 0.6 is 15.9 Å². The van der Waals surface area contributed by atoms with Gasteiger partial charge in [0.1, 0.15) is 6.10 Å². The minimum Gasteiger partial charge on any atom is -0.462 e. The number of allylic oxidation sites excluding steroid dienone is 8. The molecule has 0 spiro atoms. The molecule has 0 fully saturated rings. The summed E-state index contributed by atoms with van der Waals surface area (Å²) in [5, 5.41) is 0.689. The highest BCUT2D eigenvalue weighted by molar-refractivity contribution is 9.09. The monoisotopic (exact) mass is 662 g/mol. The van der Waals surface area contributed by atoms with E-state index in [2.05, 4.69) is 78.4 Å². The normalized spacial score (nSPS) is 12.9. The zero-order valence-electron chi connectivity index (χ0n) is 28.7. The first-order valence-electron chi connectivity index (χ1n) is 18.6. The topological polar surface area (TPSA) is 26.3 Å². The number of unbranched alkanes of at least 4 members (excludes halogenated alkanes) is 18. The van der Waals surface area contributed by atoms with Crippen molar-refractivity contribution in [2.24, 2.45) is 0 Å². The molecular weight excluding hydrogens is 592 g/mol. The van der Waals surface area contributed by atoms with Crippen LogP contribution in [0.1, 0.15) is 187 Å². The van der Waals surface area contributed by atoms with Crippen molar-refractivity contribution in [3.8, 4) is 0 Å². The lowest BCUT2D eigenvalue weighted by Crippen LogP contribution is -2.18. The predicted octanol–water partition coefficient (Wildman–Crippen LogP) is 14.1. The van der Waals surface area contributed by atoms with E-state index in [0.29, 0.717) is 11.8 Å². The molecule has 0 atom stereocenters. The Balaban J connectivity index is 3.81. The zero-order valence-corrected chi connectivity index (χ0v) is 30.3. The molecule has 0 aliphatic carbocycles. The van der Waals surface area contributed by atoms with E-state index in [1.54, 1.807) is 0 Å². The van der Waals surface area contributed by atoms with Crippen LogP contribution in [0.4, 0.5) is 0 Å². The SMILES string of the molecule is CCCCCC=CCC=CCCCCCCCCC(CCCCCCCCC=CCC=CCCCCC)OC(=O)CCBr.